The van der Waals surface area contributed by atoms with Gasteiger partial charge in [-0.25, -0.2) is 9.78 Å². The van der Waals surface area contributed by atoms with E-state index >= 15 is 0 Å². The second-order valence-corrected chi connectivity index (χ2v) is 8.54. The van der Waals surface area contributed by atoms with Gasteiger partial charge >= 0.3 is 17.5 Å². The molecule has 2 aliphatic rings. The lowest BCUT2D eigenvalue weighted by Crippen LogP contribution is -2.46. The number of esters is 1. The van der Waals surface area contributed by atoms with Crippen LogP contribution in [0.3, 0.4) is 0 Å². The molecule has 5 rings (SSSR count). The van der Waals surface area contributed by atoms with Crippen molar-refractivity contribution in [2.75, 3.05) is 51.1 Å². The van der Waals surface area contributed by atoms with E-state index in [9.17, 15) is 14.9 Å². The van der Waals surface area contributed by atoms with Crippen molar-refractivity contribution >= 4 is 17.5 Å². The van der Waals surface area contributed by atoms with Crippen molar-refractivity contribution in [3.05, 3.63) is 70.0 Å². The minimum atomic E-state index is -0.599. The SMILES string of the molecule is O=C(OCCO)c1ccc(Oc2ncnc(N3CCN(Cc4ccc5c(c4)OCO5)CC3)c2[N+](=O)[O-])cc1. The highest BCUT2D eigenvalue weighted by Gasteiger charge is 2.31. The first-order valence-corrected chi connectivity index (χ1v) is 11.9. The first-order valence-electron chi connectivity index (χ1n) is 11.9. The second kappa shape index (κ2) is 11.3. The molecule has 198 valence electrons. The van der Waals surface area contributed by atoms with Gasteiger partial charge in [-0.3, -0.25) is 15.0 Å². The molecule has 0 amide bonds. The third-order valence-corrected chi connectivity index (χ3v) is 6.10. The number of anilines is 1. The average molecular weight is 524 g/mol. The summed E-state index contributed by atoms with van der Waals surface area (Å²) in [5.41, 5.74) is 1.02. The third-order valence-electron chi connectivity index (χ3n) is 6.10. The molecular weight excluding hydrogens is 498 g/mol. The van der Waals surface area contributed by atoms with Crippen LogP contribution >= 0.6 is 0 Å². The monoisotopic (exact) mass is 523 g/mol. The van der Waals surface area contributed by atoms with E-state index in [-0.39, 0.29) is 48.7 Å². The van der Waals surface area contributed by atoms with Crippen LogP contribution in [0.5, 0.6) is 23.1 Å². The number of fused-ring (bicyclic) bond motifs is 1. The summed E-state index contributed by atoms with van der Waals surface area (Å²) in [5, 5.41) is 20.8. The van der Waals surface area contributed by atoms with E-state index in [4.69, 9.17) is 24.1 Å². The van der Waals surface area contributed by atoms with Gasteiger partial charge in [0.05, 0.1) is 17.1 Å². The maximum absolute atomic E-state index is 12.0. The number of nitro groups is 1. The Bertz CT molecular complexity index is 1310. The van der Waals surface area contributed by atoms with E-state index in [0.29, 0.717) is 32.7 Å². The second-order valence-electron chi connectivity index (χ2n) is 8.54. The predicted octanol–water partition coefficient (Wildman–Crippen LogP) is 2.38. The number of ether oxygens (including phenoxy) is 4. The molecule has 38 heavy (non-hydrogen) atoms. The molecule has 0 unspecified atom stereocenters. The Balaban J connectivity index is 1.25. The van der Waals surface area contributed by atoms with Gasteiger partial charge in [0.1, 0.15) is 18.7 Å². The molecule has 0 atom stereocenters. The summed E-state index contributed by atoms with van der Waals surface area (Å²) in [6.07, 6.45) is 1.23. The predicted molar refractivity (Wildman–Crippen MR) is 133 cm³/mol. The number of carbonyl (C=O) groups is 1. The fraction of sp³-hybridized carbons (Fsp3) is 0.320. The molecule has 2 aromatic carbocycles. The summed E-state index contributed by atoms with van der Waals surface area (Å²) >= 11 is 0. The fourth-order valence-corrected chi connectivity index (χ4v) is 4.23. The van der Waals surface area contributed by atoms with Crippen LogP contribution in [0.1, 0.15) is 15.9 Å². The van der Waals surface area contributed by atoms with Gasteiger partial charge in [0, 0.05) is 32.7 Å². The van der Waals surface area contributed by atoms with Crippen molar-refractivity contribution < 1.29 is 33.8 Å². The Morgan fingerprint density at radius 2 is 1.82 bits per heavy atom. The molecule has 3 heterocycles. The molecule has 13 heteroatoms. The number of benzene rings is 2. The van der Waals surface area contributed by atoms with Gasteiger partial charge < -0.3 is 29.0 Å². The molecule has 1 aromatic heterocycles. The first-order chi connectivity index (χ1) is 18.5. The molecule has 0 spiro atoms. The summed E-state index contributed by atoms with van der Waals surface area (Å²) in [5.74, 6) is 1.12. The lowest BCUT2D eigenvalue weighted by atomic mass is 10.1. The number of carbonyl (C=O) groups excluding carboxylic acids is 1. The number of hydrogen-bond donors (Lipinski definition) is 1. The maximum atomic E-state index is 12.0. The highest BCUT2D eigenvalue weighted by Crippen LogP contribution is 2.37. The van der Waals surface area contributed by atoms with Crippen molar-refractivity contribution in [1.29, 1.82) is 0 Å². The maximum Gasteiger partial charge on any atom is 0.373 e. The van der Waals surface area contributed by atoms with E-state index in [1.54, 1.807) is 0 Å². The molecule has 2 aliphatic heterocycles. The summed E-state index contributed by atoms with van der Waals surface area (Å²) in [6.45, 7) is 2.99. The zero-order chi connectivity index (χ0) is 26.5. The average Bonchev–Trinajstić information content (AvgIpc) is 3.40. The molecule has 3 aromatic rings. The molecule has 0 saturated carbocycles. The van der Waals surface area contributed by atoms with Gasteiger partial charge in [-0.1, -0.05) is 6.07 Å². The number of aliphatic hydroxyl groups excluding tert-OH is 1. The van der Waals surface area contributed by atoms with E-state index in [1.165, 1.54) is 30.6 Å². The Hall–Kier alpha value is -4.49. The minimum absolute atomic E-state index is 0.111. The van der Waals surface area contributed by atoms with Crippen molar-refractivity contribution in [2.24, 2.45) is 0 Å². The van der Waals surface area contributed by atoms with E-state index in [1.807, 2.05) is 23.1 Å². The topological polar surface area (TPSA) is 150 Å². The van der Waals surface area contributed by atoms with Gasteiger partial charge in [0.2, 0.25) is 12.6 Å². The van der Waals surface area contributed by atoms with Crippen LogP contribution < -0.4 is 19.1 Å². The van der Waals surface area contributed by atoms with Crippen molar-refractivity contribution in [3.8, 4) is 23.1 Å². The smallest absolute Gasteiger partial charge is 0.373 e. The summed E-state index contributed by atoms with van der Waals surface area (Å²) in [6, 6.07) is 11.8. The number of piperazine rings is 1. The zero-order valence-electron chi connectivity index (χ0n) is 20.3. The molecule has 0 aliphatic carbocycles. The van der Waals surface area contributed by atoms with Gasteiger partial charge in [-0.15, -0.1) is 0 Å². The minimum Gasteiger partial charge on any atom is -0.460 e. The third kappa shape index (κ3) is 5.58. The van der Waals surface area contributed by atoms with Gasteiger partial charge in [-0.2, -0.15) is 4.98 Å². The van der Waals surface area contributed by atoms with Crippen LogP contribution in [0, 0.1) is 10.1 Å². The number of hydrogen-bond acceptors (Lipinski definition) is 12. The van der Waals surface area contributed by atoms with Gasteiger partial charge in [0.15, 0.2) is 11.5 Å². The number of rotatable bonds is 9. The van der Waals surface area contributed by atoms with E-state index < -0.39 is 10.9 Å². The van der Waals surface area contributed by atoms with E-state index in [0.717, 1.165) is 17.1 Å². The Morgan fingerprint density at radius 1 is 1.05 bits per heavy atom. The highest BCUT2D eigenvalue weighted by atomic mass is 16.7. The summed E-state index contributed by atoms with van der Waals surface area (Å²) in [4.78, 5) is 35.7. The molecule has 0 bridgehead atoms. The lowest BCUT2D eigenvalue weighted by Gasteiger charge is -2.35. The van der Waals surface area contributed by atoms with Crippen LogP contribution in [0.2, 0.25) is 0 Å². The molecule has 1 saturated heterocycles. The van der Waals surface area contributed by atoms with Crippen LogP contribution in [0.4, 0.5) is 11.5 Å². The quantitative estimate of drug-likeness (QED) is 0.249. The number of nitrogens with zero attached hydrogens (tertiary/aromatic N) is 5. The Kier molecular flexibility index (Phi) is 7.47. The van der Waals surface area contributed by atoms with E-state index in [2.05, 4.69) is 14.9 Å². The van der Waals surface area contributed by atoms with Crippen molar-refractivity contribution in [2.45, 2.75) is 6.54 Å². The zero-order valence-corrected chi connectivity index (χ0v) is 20.3. The van der Waals surface area contributed by atoms with Crippen LogP contribution in [-0.4, -0.2) is 77.1 Å². The van der Waals surface area contributed by atoms with Crippen molar-refractivity contribution in [1.82, 2.24) is 14.9 Å². The largest absolute Gasteiger partial charge is 0.460 e. The van der Waals surface area contributed by atoms with Gasteiger partial charge in [-0.05, 0) is 42.0 Å². The molecular formula is C25H25N5O8. The molecule has 13 nitrogen and oxygen atoms in total. The van der Waals surface area contributed by atoms with Crippen LogP contribution in [0.15, 0.2) is 48.8 Å². The highest BCUT2D eigenvalue weighted by molar-refractivity contribution is 5.89. The normalized spacial score (nSPS) is 14.8. The van der Waals surface area contributed by atoms with Crippen LogP contribution in [0.25, 0.3) is 0 Å². The Morgan fingerprint density at radius 3 is 2.55 bits per heavy atom. The number of aromatic nitrogens is 2. The molecule has 1 N–H and O–H groups in total. The lowest BCUT2D eigenvalue weighted by molar-refractivity contribution is -0.385. The fourth-order valence-electron chi connectivity index (χ4n) is 4.23. The van der Waals surface area contributed by atoms with Gasteiger partial charge in [0.25, 0.3) is 0 Å². The standard InChI is InChI=1S/C25H25N5O8/c31-11-12-35-25(32)18-2-4-19(5-3-18)38-24-22(30(33)34)23(26-15-27-24)29-9-7-28(8-10-29)14-17-1-6-20-21(13-17)37-16-36-20/h1-6,13,15,31H,7-12,14,16H2. The summed E-state index contributed by atoms with van der Waals surface area (Å²) < 4.78 is 21.4. The Labute approximate surface area is 217 Å². The van der Waals surface area contributed by atoms with Crippen molar-refractivity contribution in [3.63, 3.8) is 0 Å². The summed E-state index contributed by atoms with van der Waals surface area (Å²) in [7, 11) is 0. The molecule has 0 radical (unpaired) electrons. The first kappa shape index (κ1) is 25.2. The van der Waals surface area contributed by atoms with Crippen LogP contribution in [-0.2, 0) is 11.3 Å². The molecule has 1 fully saturated rings. The number of aliphatic hydroxyl groups is 1.